The molecule has 0 aliphatic carbocycles. The molecule has 8 heavy (non-hydrogen) atoms. The summed E-state index contributed by atoms with van der Waals surface area (Å²) in [5, 5.41) is 16.4. The molecule has 0 radical (unpaired) electrons. The molecule has 4 N–H and O–H groups in total. The molecule has 0 amide bonds. The summed E-state index contributed by atoms with van der Waals surface area (Å²) < 4.78 is 0. The first kappa shape index (κ1) is 7.44. The molecule has 0 bridgehead atoms. The predicted molar refractivity (Wildman–Crippen MR) is 29.9 cm³/mol. The van der Waals surface area contributed by atoms with Crippen molar-refractivity contribution in [2.45, 2.75) is 6.04 Å². The first-order valence-electron chi connectivity index (χ1n) is 2.27. The fourth-order valence-corrected chi connectivity index (χ4v) is 0.222. The normalized spacial score (nSPS) is 11.9. The van der Waals surface area contributed by atoms with Crippen molar-refractivity contribution in [3.8, 4) is 11.8 Å². The van der Waals surface area contributed by atoms with Crippen LogP contribution in [-0.4, -0.2) is 29.5 Å². The molecule has 0 heterocycles. The van der Waals surface area contributed by atoms with Crippen LogP contribution in [0.4, 0.5) is 0 Å². The molecule has 0 aliphatic rings. The summed E-state index contributed by atoms with van der Waals surface area (Å²) in [6, 6.07) is -0.512. The summed E-state index contributed by atoms with van der Waals surface area (Å²) in [5.74, 6) is 4.73. The Bertz CT molecular complexity index is 103. The number of hydrogen-bond acceptors (Lipinski definition) is 3. The molecule has 3 heteroatoms. The van der Waals surface area contributed by atoms with Crippen molar-refractivity contribution in [3.63, 3.8) is 0 Å². The van der Waals surface area contributed by atoms with Crippen LogP contribution in [0.3, 0.4) is 0 Å². The minimum absolute atomic E-state index is 0.160. The zero-order valence-corrected chi connectivity index (χ0v) is 4.46. The second kappa shape index (κ2) is 4.60. The van der Waals surface area contributed by atoms with Crippen LogP contribution in [0.5, 0.6) is 0 Å². The Labute approximate surface area is 48.1 Å². The van der Waals surface area contributed by atoms with Crippen LogP contribution in [0.2, 0.25) is 0 Å². The van der Waals surface area contributed by atoms with Crippen molar-refractivity contribution >= 4 is 0 Å². The van der Waals surface area contributed by atoms with Gasteiger partial charge in [0.05, 0.1) is 12.6 Å². The molecule has 0 unspecified atom stereocenters. The summed E-state index contributed by atoms with van der Waals surface area (Å²) in [6.07, 6.45) is 0. The maximum Gasteiger partial charge on any atom is 0.104 e. The molecule has 0 rings (SSSR count). The van der Waals surface area contributed by atoms with Gasteiger partial charge in [0, 0.05) is 0 Å². The van der Waals surface area contributed by atoms with Crippen molar-refractivity contribution in [2.75, 3.05) is 13.2 Å². The lowest BCUT2D eigenvalue weighted by Gasteiger charge is -1.92. The molecule has 0 spiro atoms. The van der Waals surface area contributed by atoms with Crippen molar-refractivity contribution in [1.82, 2.24) is 0 Å². The standard InChI is InChI=1S/C5H9NO2/c6-5(4-8)2-1-3-7/h5,7-8H,3-4,6H2/t5-/m1/s1. The summed E-state index contributed by atoms with van der Waals surface area (Å²) in [5.41, 5.74) is 5.12. The maximum absolute atomic E-state index is 8.25. The summed E-state index contributed by atoms with van der Waals surface area (Å²) >= 11 is 0. The van der Waals surface area contributed by atoms with E-state index in [1.165, 1.54) is 0 Å². The van der Waals surface area contributed by atoms with E-state index in [1.807, 2.05) is 0 Å². The monoisotopic (exact) mass is 115 g/mol. The van der Waals surface area contributed by atoms with Crippen LogP contribution in [0.25, 0.3) is 0 Å². The van der Waals surface area contributed by atoms with E-state index in [-0.39, 0.29) is 13.2 Å². The van der Waals surface area contributed by atoms with Gasteiger partial charge in [-0.05, 0) is 0 Å². The molecule has 0 aromatic carbocycles. The minimum Gasteiger partial charge on any atom is -0.394 e. The van der Waals surface area contributed by atoms with E-state index < -0.39 is 6.04 Å². The Morgan fingerprint density at radius 3 is 2.50 bits per heavy atom. The molecule has 1 atom stereocenters. The molecular weight excluding hydrogens is 106 g/mol. The number of rotatable bonds is 1. The Morgan fingerprint density at radius 1 is 1.50 bits per heavy atom. The van der Waals surface area contributed by atoms with Crippen LogP contribution in [0.1, 0.15) is 0 Å². The van der Waals surface area contributed by atoms with Crippen LogP contribution in [0.15, 0.2) is 0 Å². The molecular formula is C5H9NO2. The van der Waals surface area contributed by atoms with Crippen molar-refractivity contribution in [3.05, 3.63) is 0 Å². The topological polar surface area (TPSA) is 66.5 Å². The van der Waals surface area contributed by atoms with Gasteiger partial charge in [-0.2, -0.15) is 0 Å². The largest absolute Gasteiger partial charge is 0.394 e. The van der Waals surface area contributed by atoms with Gasteiger partial charge < -0.3 is 15.9 Å². The van der Waals surface area contributed by atoms with Crippen LogP contribution in [-0.2, 0) is 0 Å². The zero-order valence-electron chi connectivity index (χ0n) is 4.46. The lowest BCUT2D eigenvalue weighted by Crippen LogP contribution is -2.21. The average Bonchev–Trinajstić information content (AvgIpc) is 1.83. The van der Waals surface area contributed by atoms with E-state index in [4.69, 9.17) is 15.9 Å². The van der Waals surface area contributed by atoms with E-state index in [0.29, 0.717) is 0 Å². The fraction of sp³-hybridized carbons (Fsp3) is 0.600. The van der Waals surface area contributed by atoms with Gasteiger partial charge in [0.1, 0.15) is 6.61 Å². The molecule has 0 saturated heterocycles. The molecule has 0 aliphatic heterocycles. The maximum atomic E-state index is 8.25. The quantitative estimate of drug-likeness (QED) is 0.357. The predicted octanol–water partition coefficient (Wildman–Crippen LogP) is -1.70. The van der Waals surface area contributed by atoms with E-state index in [0.717, 1.165) is 0 Å². The van der Waals surface area contributed by atoms with Gasteiger partial charge in [-0.3, -0.25) is 0 Å². The average molecular weight is 115 g/mol. The third kappa shape index (κ3) is 3.62. The lowest BCUT2D eigenvalue weighted by atomic mass is 10.3. The SMILES string of the molecule is N[C@H](C#CCO)CO. The first-order chi connectivity index (χ1) is 3.81. The fourth-order valence-electron chi connectivity index (χ4n) is 0.222. The van der Waals surface area contributed by atoms with Gasteiger partial charge in [0.15, 0.2) is 0 Å². The molecule has 0 aromatic heterocycles. The Hall–Kier alpha value is -0.560. The summed E-state index contributed by atoms with van der Waals surface area (Å²) in [6.45, 7) is -0.360. The zero-order chi connectivity index (χ0) is 6.41. The number of aliphatic hydroxyl groups excluding tert-OH is 2. The van der Waals surface area contributed by atoms with Crippen LogP contribution in [0, 0.1) is 11.8 Å². The summed E-state index contributed by atoms with van der Waals surface area (Å²) in [7, 11) is 0. The number of hydrogen-bond donors (Lipinski definition) is 3. The Balaban J connectivity index is 3.35. The second-order valence-corrected chi connectivity index (χ2v) is 1.27. The van der Waals surface area contributed by atoms with E-state index >= 15 is 0 Å². The van der Waals surface area contributed by atoms with E-state index in [9.17, 15) is 0 Å². The first-order valence-corrected chi connectivity index (χ1v) is 2.27. The highest BCUT2D eigenvalue weighted by atomic mass is 16.3. The van der Waals surface area contributed by atoms with E-state index in [2.05, 4.69) is 11.8 Å². The molecule has 3 nitrogen and oxygen atoms in total. The van der Waals surface area contributed by atoms with Crippen LogP contribution < -0.4 is 5.73 Å². The van der Waals surface area contributed by atoms with Crippen LogP contribution >= 0.6 is 0 Å². The lowest BCUT2D eigenvalue weighted by molar-refractivity contribution is 0.286. The third-order valence-electron chi connectivity index (χ3n) is 0.563. The highest BCUT2D eigenvalue weighted by Crippen LogP contribution is 1.67. The summed E-state index contributed by atoms with van der Waals surface area (Å²) in [4.78, 5) is 0. The van der Waals surface area contributed by atoms with Crippen molar-refractivity contribution < 1.29 is 10.2 Å². The molecule has 0 aromatic rings. The molecule has 0 saturated carbocycles. The minimum atomic E-state index is -0.512. The number of nitrogens with two attached hydrogens (primary N) is 1. The smallest absolute Gasteiger partial charge is 0.104 e. The molecule has 0 fully saturated rings. The van der Waals surface area contributed by atoms with Gasteiger partial charge in [0.2, 0.25) is 0 Å². The van der Waals surface area contributed by atoms with E-state index in [1.54, 1.807) is 0 Å². The Morgan fingerprint density at radius 2 is 2.12 bits per heavy atom. The Kier molecular flexibility index (Phi) is 4.27. The van der Waals surface area contributed by atoms with Gasteiger partial charge in [-0.1, -0.05) is 11.8 Å². The third-order valence-corrected chi connectivity index (χ3v) is 0.563. The van der Waals surface area contributed by atoms with Gasteiger partial charge >= 0.3 is 0 Å². The van der Waals surface area contributed by atoms with Gasteiger partial charge in [0.25, 0.3) is 0 Å². The highest BCUT2D eigenvalue weighted by molar-refractivity contribution is 5.06. The highest BCUT2D eigenvalue weighted by Gasteiger charge is 1.88. The van der Waals surface area contributed by atoms with Gasteiger partial charge in [-0.25, -0.2) is 0 Å². The number of aliphatic hydroxyl groups is 2. The molecule has 46 valence electrons. The van der Waals surface area contributed by atoms with Gasteiger partial charge in [-0.15, -0.1) is 0 Å². The van der Waals surface area contributed by atoms with Crippen molar-refractivity contribution in [2.24, 2.45) is 5.73 Å². The second-order valence-electron chi connectivity index (χ2n) is 1.27. The van der Waals surface area contributed by atoms with Crippen molar-refractivity contribution in [1.29, 1.82) is 0 Å².